The van der Waals surface area contributed by atoms with E-state index >= 15 is 0 Å². The lowest BCUT2D eigenvalue weighted by Crippen LogP contribution is -2.22. The van der Waals surface area contributed by atoms with Crippen LogP contribution in [0.3, 0.4) is 0 Å². The van der Waals surface area contributed by atoms with Gasteiger partial charge in [-0.2, -0.15) is 0 Å². The Morgan fingerprint density at radius 2 is 1.76 bits per heavy atom. The van der Waals surface area contributed by atoms with Crippen molar-refractivity contribution in [1.82, 2.24) is 0 Å². The molecule has 0 radical (unpaired) electrons. The van der Waals surface area contributed by atoms with Crippen molar-refractivity contribution in [2.75, 3.05) is 26.4 Å². The van der Waals surface area contributed by atoms with Crippen LogP contribution >= 0.6 is 0 Å². The molecule has 0 saturated carbocycles. The minimum Gasteiger partial charge on any atom is -0.494 e. The number of ether oxygens (including phenoxy) is 3. The van der Waals surface area contributed by atoms with Gasteiger partial charge in [-0.3, -0.25) is 0 Å². The molecule has 2 atom stereocenters. The highest BCUT2D eigenvalue weighted by Gasteiger charge is 2.27. The van der Waals surface area contributed by atoms with Crippen LogP contribution in [-0.4, -0.2) is 26.4 Å². The quantitative estimate of drug-likeness (QED) is 0.497. The molecule has 0 aromatic heterocycles. The summed E-state index contributed by atoms with van der Waals surface area (Å²) < 4.78 is 60.4. The van der Waals surface area contributed by atoms with E-state index in [1.54, 1.807) is 13.0 Å². The van der Waals surface area contributed by atoms with Gasteiger partial charge in [-0.05, 0) is 51.2 Å². The van der Waals surface area contributed by atoms with Crippen LogP contribution in [0.1, 0.15) is 44.8 Å². The fourth-order valence-corrected chi connectivity index (χ4v) is 3.67. The first-order valence-electron chi connectivity index (χ1n) is 10.1. The van der Waals surface area contributed by atoms with E-state index < -0.39 is 23.6 Å². The maximum atomic E-state index is 14.8. The normalized spacial score (nSPS) is 19.3. The molecule has 1 fully saturated rings. The maximum Gasteiger partial charge on any atom is 0.167 e. The van der Waals surface area contributed by atoms with Crippen LogP contribution in [0.4, 0.5) is 13.2 Å². The molecule has 1 aliphatic heterocycles. The Kier molecular flexibility index (Phi) is 7.56. The zero-order valence-electron chi connectivity index (χ0n) is 16.8. The summed E-state index contributed by atoms with van der Waals surface area (Å²) >= 11 is 0. The van der Waals surface area contributed by atoms with E-state index in [4.69, 9.17) is 14.2 Å². The minimum atomic E-state index is -1.06. The minimum absolute atomic E-state index is 0.00282. The van der Waals surface area contributed by atoms with E-state index in [2.05, 4.69) is 0 Å². The highest BCUT2D eigenvalue weighted by molar-refractivity contribution is 5.66. The van der Waals surface area contributed by atoms with E-state index in [-0.39, 0.29) is 16.7 Å². The molecule has 3 nitrogen and oxygen atoms in total. The molecule has 0 bridgehead atoms. The number of halogens is 3. The van der Waals surface area contributed by atoms with Gasteiger partial charge in [-0.25, -0.2) is 13.2 Å². The van der Waals surface area contributed by atoms with E-state index in [0.29, 0.717) is 44.5 Å². The van der Waals surface area contributed by atoms with Crippen molar-refractivity contribution in [3.63, 3.8) is 0 Å². The number of hydrogen-bond acceptors (Lipinski definition) is 3. The van der Waals surface area contributed by atoms with Crippen molar-refractivity contribution in [2.24, 2.45) is 5.92 Å². The fraction of sp³-hybridized carbons (Fsp3) is 0.478. The number of rotatable bonds is 8. The zero-order valence-corrected chi connectivity index (χ0v) is 16.8. The molecule has 2 unspecified atom stereocenters. The fourth-order valence-electron chi connectivity index (χ4n) is 3.67. The monoisotopic (exact) mass is 408 g/mol. The van der Waals surface area contributed by atoms with Gasteiger partial charge in [0, 0.05) is 36.0 Å². The standard InChI is InChI=1S/C23H27F3O3/c1-3-27-12-11-15-5-10-21(29-14-15)19-9-8-18(22(25)23(19)26)17-7-6-16(28-4-2)13-20(17)24/h6-9,13,15,21H,3-5,10-12,14H2,1-2H3. The van der Waals surface area contributed by atoms with Crippen LogP contribution in [0.25, 0.3) is 11.1 Å². The topological polar surface area (TPSA) is 27.7 Å². The van der Waals surface area contributed by atoms with Gasteiger partial charge in [0.15, 0.2) is 11.6 Å². The second kappa shape index (κ2) is 10.1. The van der Waals surface area contributed by atoms with Gasteiger partial charge < -0.3 is 14.2 Å². The van der Waals surface area contributed by atoms with Gasteiger partial charge in [0.25, 0.3) is 0 Å². The van der Waals surface area contributed by atoms with Crippen molar-refractivity contribution in [2.45, 2.75) is 39.2 Å². The number of benzene rings is 2. The second-order valence-electron chi connectivity index (χ2n) is 7.16. The van der Waals surface area contributed by atoms with E-state index in [0.717, 1.165) is 12.8 Å². The average molecular weight is 408 g/mol. The predicted octanol–water partition coefficient (Wildman–Crippen LogP) is 6.06. The van der Waals surface area contributed by atoms with Gasteiger partial charge in [-0.15, -0.1) is 0 Å². The predicted molar refractivity (Wildman–Crippen MR) is 105 cm³/mol. The third-order valence-corrected chi connectivity index (χ3v) is 5.25. The highest BCUT2D eigenvalue weighted by atomic mass is 19.2. The molecular weight excluding hydrogens is 381 g/mol. The van der Waals surface area contributed by atoms with Gasteiger partial charge in [0.2, 0.25) is 0 Å². The largest absolute Gasteiger partial charge is 0.494 e. The lowest BCUT2D eigenvalue weighted by Gasteiger charge is -2.29. The first-order chi connectivity index (χ1) is 14.0. The Bertz CT molecular complexity index is 817. The Balaban J connectivity index is 1.74. The molecule has 1 heterocycles. The van der Waals surface area contributed by atoms with E-state index in [1.165, 1.54) is 24.3 Å². The van der Waals surface area contributed by atoms with Crippen molar-refractivity contribution in [3.05, 3.63) is 53.3 Å². The van der Waals surface area contributed by atoms with Gasteiger partial charge in [-0.1, -0.05) is 12.1 Å². The smallest absolute Gasteiger partial charge is 0.167 e. The molecule has 0 spiro atoms. The molecule has 0 aliphatic carbocycles. The van der Waals surface area contributed by atoms with Crippen molar-refractivity contribution in [1.29, 1.82) is 0 Å². The molecule has 0 amide bonds. The molecule has 3 rings (SSSR count). The average Bonchev–Trinajstić information content (AvgIpc) is 2.72. The molecule has 29 heavy (non-hydrogen) atoms. The first kappa shape index (κ1) is 21.7. The summed E-state index contributed by atoms with van der Waals surface area (Å²) in [5.41, 5.74) is 0.0648. The Morgan fingerprint density at radius 3 is 2.41 bits per heavy atom. The molecular formula is C23H27F3O3. The van der Waals surface area contributed by atoms with Gasteiger partial charge in [0.05, 0.1) is 19.3 Å². The SMILES string of the molecule is CCOCCC1CCC(c2ccc(-c3ccc(OCC)cc3F)c(F)c2F)OC1. The van der Waals surface area contributed by atoms with Gasteiger partial charge in [0.1, 0.15) is 11.6 Å². The second-order valence-corrected chi connectivity index (χ2v) is 7.16. The Morgan fingerprint density at radius 1 is 0.966 bits per heavy atom. The summed E-state index contributed by atoms with van der Waals surface area (Å²) in [6.45, 7) is 5.99. The molecule has 158 valence electrons. The third-order valence-electron chi connectivity index (χ3n) is 5.25. The summed E-state index contributed by atoms with van der Waals surface area (Å²) in [5.74, 6) is -1.99. The summed E-state index contributed by atoms with van der Waals surface area (Å²) in [6.07, 6.45) is 1.89. The molecule has 1 saturated heterocycles. The Hall–Kier alpha value is -2.05. The summed E-state index contributed by atoms with van der Waals surface area (Å²) in [7, 11) is 0. The van der Waals surface area contributed by atoms with Gasteiger partial charge >= 0.3 is 0 Å². The van der Waals surface area contributed by atoms with Crippen LogP contribution in [0.2, 0.25) is 0 Å². The number of hydrogen-bond donors (Lipinski definition) is 0. The molecule has 2 aromatic carbocycles. The van der Waals surface area contributed by atoms with Crippen LogP contribution < -0.4 is 4.74 Å². The lowest BCUT2D eigenvalue weighted by molar-refractivity contribution is -0.0278. The maximum absolute atomic E-state index is 14.8. The van der Waals surface area contributed by atoms with Crippen molar-refractivity contribution < 1.29 is 27.4 Å². The van der Waals surface area contributed by atoms with E-state index in [1.807, 2.05) is 6.92 Å². The van der Waals surface area contributed by atoms with Crippen molar-refractivity contribution in [3.8, 4) is 16.9 Å². The molecule has 1 aliphatic rings. The summed E-state index contributed by atoms with van der Waals surface area (Å²) in [5, 5.41) is 0. The highest BCUT2D eigenvalue weighted by Crippen LogP contribution is 2.37. The van der Waals surface area contributed by atoms with Crippen LogP contribution in [0, 0.1) is 23.4 Å². The molecule has 0 N–H and O–H groups in total. The molecule has 2 aromatic rings. The zero-order chi connectivity index (χ0) is 20.8. The summed E-state index contributed by atoms with van der Waals surface area (Å²) in [6, 6.07) is 7.03. The molecule has 6 heteroatoms. The first-order valence-corrected chi connectivity index (χ1v) is 10.1. The third kappa shape index (κ3) is 5.11. The Labute approximate surface area is 169 Å². The van der Waals surface area contributed by atoms with Crippen molar-refractivity contribution >= 4 is 0 Å². The summed E-state index contributed by atoms with van der Waals surface area (Å²) in [4.78, 5) is 0. The lowest BCUT2D eigenvalue weighted by atomic mass is 9.91. The van der Waals surface area contributed by atoms with Crippen LogP contribution in [-0.2, 0) is 9.47 Å². The van der Waals surface area contributed by atoms with Crippen LogP contribution in [0.5, 0.6) is 5.75 Å². The van der Waals surface area contributed by atoms with E-state index in [9.17, 15) is 13.2 Å². The van der Waals surface area contributed by atoms with Crippen LogP contribution in [0.15, 0.2) is 30.3 Å².